The quantitative estimate of drug-likeness (QED) is 0.773. The molecule has 0 aromatic carbocycles. The molecule has 2 rings (SSSR count). The van der Waals surface area contributed by atoms with Crippen LogP contribution in [-0.4, -0.2) is 17.0 Å². The van der Waals surface area contributed by atoms with Crippen LogP contribution in [0.5, 0.6) is 0 Å². The Kier molecular flexibility index (Phi) is 2.87. The summed E-state index contributed by atoms with van der Waals surface area (Å²) in [5.41, 5.74) is 1.20. The van der Waals surface area contributed by atoms with Crippen LogP contribution in [0.1, 0.15) is 56.1 Å². The van der Waals surface area contributed by atoms with Crippen LogP contribution in [-0.2, 0) is 0 Å². The van der Waals surface area contributed by atoms with E-state index in [1.54, 1.807) is 0 Å². The first-order chi connectivity index (χ1) is 6.81. The fraction of sp³-hybridized carbons (Fsp3) is 0.727. The summed E-state index contributed by atoms with van der Waals surface area (Å²) in [5, 5.41) is 3.21. The minimum absolute atomic E-state index is 0.373. The van der Waals surface area contributed by atoms with Crippen LogP contribution in [0.25, 0.3) is 0 Å². The fourth-order valence-electron chi connectivity index (χ4n) is 2.13. The lowest BCUT2D eigenvalue weighted by atomic mass is 10.1. The third kappa shape index (κ3) is 1.82. The molecule has 1 aliphatic carbocycles. The van der Waals surface area contributed by atoms with Gasteiger partial charge < -0.3 is 10.3 Å². The molecular formula is C11H19N3. The Bertz CT molecular complexity index is 286. The highest BCUT2D eigenvalue weighted by atomic mass is 15.0. The third-order valence-electron chi connectivity index (χ3n) is 3.26. The average molecular weight is 193 g/mol. The number of imidazole rings is 1. The topological polar surface area (TPSA) is 40.7 Å². The van der Waals surface area contributed by atoms with Gasteiger partial charge in [0.15, 0.2) is 0 Å². The lowest BCUT2D eigenvalue weighted by Gasteiger charge is -2.07. The van der Waals surface area contributed by atoms with E-state index in [-0.39, 0.29) is 0 Å². The van der Waals surface area contributed by atoms with Crippen molar-refractivity contribution in [2.24, 2.45) is 0 Å². The molecule has 1 aliphatic rings. The maximum atomic E-state index is 4.47. The van der Waals surface area contributed by atoms with Gasteiger partial charge in [0.25, 0.3) is 0 Å². The first-order valence-electron chi connectivity index (χ1n) is 5.53. The van der Waals surface area contributed by atoms with Crippen molar-refractivity contribution in [3.05, 3.63) is 17.7 Å². The zero-order valence-electron chi connectivity index (χ0n) is 9.01. The van der Waals surface area contributed by atoms with E-state index in [2.05, 4.69) is 22.2 Å². The van der Waals surface area contributed by atoms with Gasteiger partial charge in [-0.2, -0.15) is 0 Å². The summed E-state index contributed by atoms with van der Waals surface area (Å²) in [6.45, 7) is 2.14. The van der Waals surface area contributed by atoms with Crippen molar-refractivity contribution in [1.82, 2.24) is 15.3 Å². The van der Waals surface area contributed by atoms with E-state index < -0.39 is 0 Å². The minimum Gasteiger partial charge on any atom is -0.344 e. The molecular weight excluding hydrogens is 174 g/mol. The molecule has 2 N–H and O–H groups in total. The van der Waals surface area contributed by atoms with Gasteiger partial charge in [0, 0.05) is 18.2 Å². The van der Waals surface area contributed by atoms with Gasteiger partial charge in [-0.1, -0.05) is 12.8 Å². The molecule has 3 heteroatoms. The van der Waals surface area contributed by atoms with Crippen LogP contribution in [0.2, 0.25) is 0 Å². The lowest BCUT2D eigenvalue weighted by Crippen LogP contribution is -2.12. The molecule has 1 aromatic heterocycles. The van der Waals surface area contributed by atoms with Gasteiger partial charge in [0.05, 0.1) is 5.69 Å². The number of hydrogen-bond acceptors (Lipinski definition) is 2. The standard InChI is InChI=1S/C11H19N3/c1-8(12-2)10-7-13-11(14-10)9-5-3-4-6-9/h7-9,12H,3-6H2,1-2H3,(H,13,14). The van der Waals surface area contributed by atoms with E-state index >= 15 is 0 Å². The van der Waals surface area contributed by atoms with Crippen LogP contribution >= 0.6 is 0 Å². The molecule has 1 atom stereocenters. The number of nitrogens with zero attached hydrogens (tertiary/aromatic N) is 1. The molecule has 1 saturated carbocycles. The average Bonchev–Trinajstić information content (AvgIpc) is 2.86. The molecule has 0 radical (unpaired) electrons. The van der Waals surface area contributed by atoms with Crippen molar-refractivity contribution in [2.45, 2.75) is 44.6 Å². The Morgan fingerprint density at radius 2 is 2.21 bits per heavy atom. The molecule has 0 saturated heterocycles. The maximum Gasteiger partial charge on any atom is 0.109 e. The summed E-state index contributed by atoms with van der Waals surface area (Å²) in [7, 11) is 1.97. The highest BCUT2D eigenvalue weighted by Crippen LogP contribution is 2.32. The number of H-pyrrole nitrogens is 1. The van der Waals surface area contributed by atoms with Crippen LogP contribution in [0, 0.1) is 0 Å². The molecule has 1 heterocycles. The summed E-state index contributed by atoms with van der Waals surface area (Å²) in [5.74, 6) is 1.88. The zero-order valence-corrected chi connectivity index (χ0v) is 9.01. The van der Waals surface area contributed by atoms with Gasteiger partial charge in [-0.15, -0.1) is 0 Å². The van der Waals surface area contributed by atoms with Crippen molar-refractivity contribution in [1.29, 1.82) is 0 Å². The summed E-state index contributed by atoms with van der Waals surface area (Å²) in [6.07, 6.45) is 7.31. The van der Waals surface area contributed by atoms with Crippen molar-refractivity contribution in [3.8, 4) is 0 Å². The smallest absolute Gasteiger partial charge is 0.109 e. The lowest BCUT2D eigenvalue weighted by molar-refractivity contribution is 0.625. The van der Waals surface area contributed by atoms with E-state index in [4.69, 9.17) is 0 Å². The molecule has 3 nitrogen and oxygen atoms in total. The zero-order chi connectivity index (χ0) is 9.97. The predicted octanol–water partition coefficient (Wildman–Crippen LogP) is 2.35. The highest BCUT2D eigenvalue weighted by molar-refractivity contribution is 5.09. The first-order valence-corrected chi connectivity index (χ1v) is 5.53. The molecule has 1 aromatic rings. The highest BCUT2D eigenvalue weighted by Gasteiger charge is 2.20. The Hall–Kier alpha value is -0.830. The Morgan fingerprint density at radius 3 is 2.86 bits per heavy atom. The van der Waals surface area contributed by atoms with Crippen molar-refractivity contribution in [3.63, 3.8) is 0 Å². The van der Waals surface area contributed by atoms with Crippen LogP contribution in [0.3, 0.4) is 0 Å². The molecule has 0 aliphatic heterocycles. The second-order valence-electron chi connectivity index (χ2n) is 4.22. The Morgan fingerprint density at radius 1 is 1.50 bits per heavy atom. The van der Waals surface area contributed by atoms with E-state index in [0.717, 1.165) is 0 Å². The van der Waals surface area contributed by atoms with Gasteiger partial charge in [-0.25, -0.2) is 4.98 Å². The van der Waals surface area contributed by atoms with E-state index in [9.17, 15) is 0 Å². The van der Waals surface area contributed by atoms with Gasteiger partial charge >= 0.3 is 0 Å². The van der Waals surface area contributed by atoms with Crippen molar-refractivity contribution in [2.75, 3.05) is 7.05 Å². The molecule has 14 heavy (non-hydrogen) atoms. The summed E-state index contributed by atoms with van der Waals surface area (Å²) >= 11 is 0. The normalized spacial score (nSPS) is 20.1. The Labute approximate surface area is 85.3 Å². The monoisotopic (exact) mass is 193 g/mol. The van der Waals surface area contributed by atoms with Gasteiger partial charge in [0.2, 0.25) is 0 Å². The molecule has 0 spiro atoms. The minimum atomic E-state index is 0.373. The second-order valence-corrected chi connectivity index (χ2v) is 4.22. The summed E-state index contributed by atoms with van der Waals surface area (Å²) < 4.78 is 0. The molecule has 0 amide bonds. The van der Waals surface area contributed by atoms with Gasteiger partial charge in [-0.3, -0.25) is 0 Å². The molecule has 0 bridgehead atoms. The molecule has 1 fully saturated rings. The summed E-state index contributed by atoms with van der Waals surface area (Å²) in [6, 6.07) is 0.373. The second kappa shape index (κ2) is 4.13. The molecule has 1 unspecified atom stereocenters. The van der Waals surface area contributed by atoms with Crippen LogP contribution < -0.4 is 5.32 Å². The predicted molar refractivity (Wildman–Crippen MR) is 57.3 cm³/mol. The maximum absolute atomic E-state index is 4.47. The van der Waals surface area contributed by atoms with Crippen LogP contribution in [0.4, 0.5) is 0 Å². The first kappa shape index (κ1) is 9.71. The van der Waals surface area contributed by atoms with Crippen molar-refractivity contribution >= 4 is 0 Å². The number of nitrogens with one attached hydrogen (secondary N) is 2. The fourth-order valence-corrected chi connectivity index (χ4v) is 2.13. The molecule has 78 valence electrons. The van der Waals surface area contributed by atoms with E-state index in [0.29, 0.717) is 12.0 Å². The Balaban J connectivity index is 2.08. The number of rotatable bonds is 3. The SMILES string of the molecule is CNC(C)c1cnc(C2CCCC2)[nH]1. The van der Waals surface area contributed by atoms with Gasteiger partial charge in [-0.05, 0) is 26.8 Å². The number of aromatic nitrogens is 2. The third-order valence-corrected chi connectivity index (χ3v) is 3.26. The van der Waals surface area contributed by atoms with Gasteiger partial charge in [0.1, 0.15) is 5.82 Å². The summed E-state index contributed by atoms with van der Waals surface area (Å²) in [4.78, 5) is 7.90. The van der Waals surface area contributed by atoms with E-state index in [1.165, 1.54) is 37.2 Å². The number of aromatic amines is 1. The largest absolute Gasteiger partial charge is 0.344 e. The van der Waals surface area contributed by atoms with Crippen molar-refractivity contribution < 1.29 is 0 Å². The van der Waals surface area contributed by atoms with Crippen LogP contribution in [0.15, 0.2) is 6.20 Å². The van der Waals surface area contributed by atoms with E-state index in [1.807, 2.05) is 13.2 Å². The number of hydrogen-bond donors (Lipinski definition) is 2.